The van der Waals surface area contributed by atoms with Gasteiger partial charge >= 0.3 is 12.1 Å². The summed E-state index contributed by atoms with van der Waals surface area (Å²) < 4.78 is 5.16. The number of hydrogen-bond acceptors (Lipinski definition) is 4. The Morgan fingerprint density at radius 1 is 1.41 bits per heavy atom. The molecule has 1 unspecified atom stereocenters. The highest BCUT2D eigenvalue weighted by molar-refractivity contribution is 5.75. The maximum atomic E-state index is 11.8. The molecule has 2 N–H and O–H groups in total. The van der Waals surface area contributed by atoms with Crippen LogP contribution in [0.2, 0.25) is 0 Å². The third-order valence-corrected chi connectivity index (χ3v) is 2.54. The number of nitrogens with zero attached hydrogens (tertiary/aromatic N) is 1. The summed E-state index contributed by atoms with van der Waals surface area (Å²) in [5.41, 5.74) is -0.627. The molecule has 0 aromatic carbocycles. The molecular weight excluding hydrogens is 226 g/mol. The zero-order valence-electron chi connectivity index (χ0n) is 10.3. The van der Waals surface area contributed by atoms with Crippen molar-refractivity contribution in [1.82, 2.24) is 4.90 Å². The Balaban J connectivity index is 2.69. The molecule has 0 saturated carbocycles. The van der Waals surface area contributed by atoms with Crippen molar-refractivity contribution >= 4 is 12.1 Å². The van der Waals surface area contributed by atoms with Crippen LogP contribution in [0.4, 0.5) is 4.79 Å². The van der Waals surface area contributed by atoms with Gasteiger partial charge in [-0.05, 0) is 33.6 Å². The number of carbonyl (C=O) groups excluding carboxylic acids is 1. The van der Waals surface area contributed by atoms with E-state index in [9.17, 15) is 14.7 Å². The smallest absolute Gasteiger partial charge is 0.410 e. The van der Waals surface area contributed by atoms with Gasteiger partial charge in [-0.15, -0.1) is 0 Å². The minimum atomic E-state index is -1.55. The SMILES string of the molecule is CC(C)(C)OC(=O)N1CCC[C@@H]1C(O)C(=O)O. The van der Waals surface area contributed by atoms with Crippen LogP contribution in [0.3, 0.4) is 0 Å². The van der Waals surface area contributed by atoms with Gasteiger partial charge in [-0.25, -0.2) is 9.59 Å². The van der Waals surface area contributed by atoms with Gasteiger partial charge in [0, 0.05) is 6.54 Å². The standard InChI is InChI=1S/C11H19NO5/c1-11(2,3)17-10(16)12-6-4-5-7(12)8(13)9(14)15/h7-8,13H,4-6H2,1-3H3,(H,14,15)/t7-,8?/m1/s1. The normalized spacial score (nSPS) is 22.4. The number of aliphatic hydroxyl groups excluding tert-OH is 1. The maximum absolute atomic E-state index is 11.8. The first-order valence-electron chi connectivity index (χ1n) is 5.63. The van der Waals surface area contributed by atoms with E-state index in [1.54, 1.807) is 20.8 Å². The van der Waals surface area contributed by atoms with Crippen LogP contribution >= 0.6 is 0 Å². The van der Waals surface area contributed by atoms with Gasteiger partial charge in [0.15, 0.2) is 6.10 Å². The summed E-state index contributed by atoms with van der Waals surface area (Å²) in [6, 6.07) is -0.692. The Hall–Kier alpha value is -1.30. The number of carboxylic acid groups (broad SMARTS) is 1. The topological polar surface area (TPSA) is 87.1 Å². The molecule has 1 aliphatic heterocycles. The molecule has 2 atom stereocenters. The quantitative estimate of drug-likeness (QED) is 0.752. The van der Waals surface area contributed by atoms with Gasteiger partial charge in [0.05, 0.1) is 6.04 Å². The molecule has 1 amide bonds. The summed E-state index contributed by atoms with van der Waals surface area (Å²) in [5, 5.41) is 18.2. The fourth-order valence-electron chi connectivity index (χ4n) is 1.83. The number of hydrogen-bond donors (Lipinski definition) is 2. The van der Waals surface area contributed by atoms with Gasteiger partial charge < -0.3 is 19.8 Å². The molecule has 6 heteroatoms. The second-order valence-corrected chi connectivity index (χ2v) is 5.17. The van der Waals surface area contributed by atoms with E-state index in [0.717, 1.165) is 0 Å². The van der Waals surface area contributed by atoms with Crippen LogP contribution in [0.5, 0.6) is 0 Å². The van der Waals surface area contributed by atoms with E-state index in [1.807, 2.05) is 0 Å². The third-order valence-electron chi connectivity index (χ3n) is 2.54. The fraction of sp³-hybridized carbons (Fsp3) is 0.818. The van der Waals surface area contributed by atoms with Crippen molar-refractivity contribution in [3.8, 4) is 0 Å². The van der Waals surface area contributed by atoms with Crippen LogP contribution in [0, 0.1) is 0 Å². The molecular formula is C11H19NO5. The molecule has 0 aromatic heterocycles. The van der Waals surface area contributed by atoms with Crippen LogP contribution in [0.1, 0.15) is 33.6 Å². The Kier molecular flexibility index (Phi) is 3.98. The first-order valence-corrected chi connectivity index (χ1v) is 5.63. The fourth-order valence-corrected chi connectivity index (χ4v) is 1.83. The lowest BCUT2D eigenvalue weighted by molar-refractivity contribution is -0.149. The predicted molar refractivity (Wildman–Crippen MR) is 59.6 cm³/mol. The molecule has 1 aliphatic rings. The van der Waals surface area contributed by atoms with Gasteiger partial charge in [0.2, 0.25) is 0 Å². The highest BCUT2D eigenvalue weighted by atomic mass is 16.6. The van der Waals surface area contributed by atoms with E-state index in [1.165, 1.54) is 4.90 Å². The number of ether oxygens (including phenoxy) is 1. The molecule has 0 radical (unpaired) electrons. The van der Waals surface area contributed by atoms with Crippen molar-refractivity contribution in [2.75, 3.05) is 6.54 Å². The summed E-state index contributed by atoms with van der Waals surface area (Å²) in [4.78, 5) is 23.8. The van der Waals surface area contributed by atoms with Crippen LogP contribution < -0.4 is 0 Å². The number of carboxylic acids is 1. The van der Waals surface area contributed by atoms with E-state index >= 15 is 0 Å². The highest BCUT2D eigenvalue weighted by Gasteiger charge is 2.39. The van der Waals surface area contributed by atoms with Gasteiger partial charge in [0.1, 0.15) is 5.60 Å². The maximum Gasteiger partial charge on any atom is 0.410 e. The molecule has 0 aliphatic carbocycles. The van der Waals surface area contributed by atoms with Gasteiger partial charge in [-0.1, -0.05) is 0 Å². The lowest BCUT2D eigenvalue weighted by Crippen LogP contribution is -2.47. The van der Waals surface area contributed by atoms with Crippen LogP contribution in [0.15, 0.2) is 0 Å². The van der Waals surface area contributed by atoms with E-state index in [4.69, 9.17) is 9.84 Å². The van der Waals surface area contributed by atoms with Crippen LogP contribution in [-0.4, -0.2) is 51.5 Å². The Morgan fingerprint density at radius 2 is 2.00 bits per heavy atom. The van der Waals surface area contributed by atoms with Crippen molar-refractivity contribution < 1.29 is 24.5 Å². The second kappa shape index (κ2) is 4.91. The molecule has 17 heavy (non-hydrogen) atoms. The van der Waals surface area contributed by atoms with Gasteiger partial charge in [-0.2, -0.15) is 0 Å². The predicted octanol–water partition coefficient (Wildman–Crippen LogP) is 0.831. The van der Waals surface area contributed by atoms with Crippen molar-refractivity contribution in [2.24, 2.45) is 0 Å². The highest BCUT2D eigenvalue weighted by Crippen LogP contribution is 2.23. The van der Waals surface area contributed by atoms with Gasteiger partial charge in [0.25, 0.3) is 0 Å². The number of likely N-dealkylation sites (tertiary alicyclic amines) is 1. The number of carbonyl (C=O) groups is 2. The number of amides is 1. The Bertz CT molecular complexity index is 309. The number of aliphatic hydroxyl groups is 1. The lowest BCUT2D eigenvalue weighted by atomic mass is 10.1. The first-order chi connectivity index (χ1) is 7.72. The van der Waals surface area contributed by atoms with Crippen LogP contribution in [-0.2, 0) is 9.53 Å². The van der Waals surface area contributed by atoms with Crippen LogP contribution in [0.25, 0.3) is 0 Å². The summed E-state index contributed by atoms with van der Waals surface area (Å²) >= 11 is 0. The molecule has 1 saturated heterocycles. The van der Waals surface area contributed by atoms with Gasteiger partial charge in [-0.3, -0.25) is 0 Å². The second-order valence-electron chi connectivity index (χ2n) is 5.17. The van der Waals surface area contributed by atoms with Crippen molar-refractivity contribution in [1.29, 1.82) is 0 Å². The number of rotatable bonds is 2. The molecule has 0 spiro atoms. The Labute approximate surface area is 100 Å². The average molecular weight is 245 g/mol. The van der Waals surface area contributed by atoms with E-state index in [0.29, 0.717) is 19.4 Å². The molecule has 1 fully saturated rings. The molecule has 1 rings (SSSR count). The van der Waals surface area contributed by atoms with Crippen molar-refractivity contribution in [3.63, 3.8) is 0 Å². The van der Waals surface area contributed by atoms with Crippen molar-refractivity contribution in [3.05, 3.63) is 0 Å². The summed E-state index contributed by atoms with van der Waals surface area (Å²) in [5.74, 6) is -1.31. The van der Waals surface area contributed by atoms with E-state index in [-0.39, 0.29) is 0 Å². The average Bonchev–Trinajstić information content (AvgIpc) is 2.61. The lowest BCUT2D eigenvalue weighted by Gasteiger charge is -2.29. The molecule has 6 nitrogen and oxygen atoms in total. The van der Waals surface area contributed by atoms with Crippen molar-refractivity contribution in [2.45, 2.75) is 51.4 Å². The minimum absolute atomic E-state index is 0.421. The largest absolute Gasteiger partial charge is 0.479 e. The molecule has 1 heterocycles. The van der Waals surface area contributed by atoms with E-state index < -0.39 is 29.8 Å². The molecule has 0 aromatic rings. The minimum Gasteiger partial charge on any atom is -0.479 e. The molecule has 0 bridgehead atoms. The summed E-state index contributed by atoms with van der Waals surface area (Å²) in [6.45, 7) is 5.64. The summed E-state index contributed by atoms with van der Waals surface area (Å²) in [6.07, 6.45) is -0.966. The zero-order valence-corrected chi connectivity index (χ0v) is 10.3. The Morgan fingerprint density at radius 3 is 2.47 bits per heavy atom. The number of aliphatic carboxylic acids is 1. The first kappa shape index (κ1) is 13.8. The molecule has 98 valence electrons. The third kappa shape index (κ3) is 3.59. The summed E-state index contributed by atoms with van der Waals surface area (Å²) in [7, 11) is 0. The monoisotopic (exact) mass is 245 g/mol. The zero-order chi connectivity index (χ0) is 13.2. The van der Waals surface area contributed by atoms with E-state index in [2.05, 4.69) is 0 Å².